The average Bonchev–Trinajstić information content (AvgIpc) is 2.27. The number of nitrogen functional groups attached to an aromatic ring is 1. The van der Waals surface area contributed by atoms with E-state index in [-0.39, 0.29) is 29.4 Å². The maximum atomic E-state index is 11.8. The number of rotatable bonds is 6. The summed E-state index contributed by atoms with van der Waals surface area (Å²) in [5.74, 6) is 0. The molecule has 1 aromatic rings. The zero-order valence-electron chi connectivity index (χ0n) is 10.3. The molecule has 0 fully saturated rings. The van der Waals surface area contributed by atoms with Gasteiger partial charge in [-0.15, -0.1) is 0 Å². The van der Waals surface area contributed by atoms with Gasteiger partial charge in [0.15, 0.2) is 0 Å². The second kappa shape index (κ2) is 6.29. The molecule has 0 aliphatic carbocycles. The average molecular weight is 313 g/mol. The predicted octanol–water partition coefficient (Wildman–Crippen LogP) is 0.907. The van der Waals surface area contributed by atoms with Gasteiger partial charge < -0.3 is 15.8 Å². The van der Waals surface area contributed by atoms with Crippen LogP contribution in [0.2, 0.25) is 0 Å². The van der Waals surface area contributed by atoms with Crippen molar-refractivity contribution in [3.05, 3.63) is 18.2 Å². The van der Waals surface area contributed by atoms with Crippen LogP contribution < -0.4 is 16.2 Å². The Hall–Kier alpha value is -1.52. The summed E-state index contributed by atoms with van der Waals surface area (Å²) in [4.78, 5) is -0.251. The van der Waals surface area contributed by atoms with E-state index < -0.39 is 22.8 Å². The zero-order chi connectivity index (χ0) is 15.4. The second-order valence-corrected chi connectivity index (χ2v) is 5.39. The summed E-state index contributed by atoms with van der Waals surface area (Å²) in [5.41, 5.74) is 5.78. The van der Waals surface area contributed by atoms with E-state index in [2.05, 4.69) is 10.1 Å². The van der Waals surface area contributed by atoms with E-state index in [1.165, 1.54) is 18.2 Å². The molecule has 20 heavy (non-hydrogen) atoms. The fourth-order valence-electron chi connectivity index (χ4n) is 1.39. The third-order valence-electron chi connectivity index (χ3n) is 2.20. The van der Waals surface area contributed by atoms with Gasteiger partial charge in [-0.1, -0.05) is 6.07 Å². The summed E-state index contributed by atoms with van der Waals surface area (Å²) in [7, 11) is -3.96. The van der Waals surface area contributed by atoms with E-state index >= 15 is 0 Å². The molecule has 5 N–H and O–H groups in total. The number of primary sulfonamides is 1. The van der Waals surface area contributed by atoms with Crippen molar-refractivity contribution in [1.29, 1.82) is 0 Å². The summed E-state index contributed by atoms with van der Waals surface area (Å²) >= 11 is 0. The fourth-order valence-corrected chi connectivity index (χ4v) is 2.08. The van der Waals surface area contributed by atoms with E-state index in [1.54, 1.807) is 0 Å². The SMILES string of the molecule is Nc1c(NCCOCC(F)(F)F)cccc1S(N)(=O)=O. The lowest BCUT2D eigenvalue weighted by Crippen LogP contribution is -2.20. The lowest BCUT2D eigenvalue weighted by molar-refractivity contribution is -0.172. The summed E-state index contributed by atoms with van der Waals surface area (Å²) in [6.07, 6.45) is -4.38. The van der Waals surface area contributed by atoms with Crippen molar-refractivity contribution < 1.29 is 26.3 Å². The number of para-hydroxylation sites is 1. The summed E-state index contributed by atoms with van der Waals surface area (Å²) in [6.45, 7) is -1.52. The Kier molecular flexibility index (Phi) is 5.20. The molecule has 0 spiro atoms. The molecule has 0 atom stereocenters. The third kappa shape index (κ3) is 5.23. The summed E-state index contributed by atoms with van der Waals surface area (Å²) in [5, 5.41) is 7.64. The van der Waals surface area contributed by atoms with Gasteiger partial charge >= 0.3 is 6.18 Å². The number of benzene rings is 1. The molecule has 0 aromatic heterocycles. The van der Waals surface area contributed by atoms with E-state index in [4.69, 9.17) is 10.9 Å². The molecule has 0 bridgehead atoms. The lowest BCUT2D eigenvalue weighted by atomic mass is 10.2. The first kappa shape index (κ1) is 16.5. The molecule has 0 unspecified atom stereocenters. The molecular weight excluding hydrogens is 299 g/mol. The highest BCUT2D eigenvalue weighted by Gasteiger charge is 2.27. The Morgan fingerprint density at radius 3 is 2.50 bits per heavy atom. The van der Waals surface area contributed by atoms with Gasteiger partial charge in [0.1, 0.15) is 11.5 Å². The molecule has 1 aromatic carbocycles. The Morgan fingerprint density at radius 2 is 1.95 bits per heavy atom. The maximum absolute atomic E-state index is 11.8. The Labute approximate surface area is 113 Å². The molecule has 0 saturated heterocycles. The molecular formula is C10H14F3N3O3S. The van der Waals surface area contributed by atoms with E-state index in [9.17, 15) is 21.6 Å². The normalized spacial score (nSPS) is 12.4. The van der Waals surface area contributed by atoms with Gasteiger partial charge in [0.2, 0.25) is 10.0 Å². The smallest absolute Gasteiger partial charge is 0.396 e. The molecule has 0 aliphatic heterocycles. The minimum absolute atomic E-state index is 0.0361. The first-order chi connectivity index (χ1) is 9.11. The molecule has 0 radical (unpaired) electrons. The topological polar surface area (TPSA) is 107 Å². The first-order valence-corrected chi connectivity index (χ1v) is 6.95. The van der Waals surface area contributed by atoms with E-state index in [0.717, 1.165) is 0 Å². The standard InChI is InChI=1S/C10H14F3N3O3S/c11-10(12,13)6-19-5-4-16-7-2-1-3-8(9(7)14)20(15,17)18/h1-3,16H,4-6,14H2,(H2,15,17,18). The third-order valence-corrected chi connectivity index (χ3v) is 3.17. The van der Waals surface area contributed by atoms with Gasteiger partial charge in [0.25, 0.3) is 0 Å². The van der Waals surface area contributed by atoms with Crippen LogP contribution in [0.5, 0.6) is 0 Å². The number of anilines is 2. The van der Waals surface area contributed by atoms with Crippen LogP contribution in [-0.4, -0.2) is 34.4 Å². The van der Waals surface area contributed by atoms with Gasteiger partial charge in [0.05, 0.1) is 18.0 Å². The quantitative estimate of drug-likeness (QED) is 0.534. The van der Waals surface area contributed by atoms with Crippen LogP contribution in [0.4, 0.5) is 24.5 Å². The molecule has 0 amide bonds. The van der Waals surface area contributed by atoms with Crippen LogP contribution >= 0.6 is 0 Å². The number of hydrogen-bond donors (Lipinski definition) is 3. The van der Waals surface area contributed by atoms with Gasteiger partial charge in [-0.25, -0.2) is 13.6 Å². The van der Waals surface area contributed by atoms with Crippen LogP contribution in [0.1, 0.15) is 0 Å². The highest BCUT2D eigenvalue weighted by Crippen LogP contribution is 2.25. The van der Waals surface area contributed by atoms with Crippen LogP contribution in [0, 0.1) is 0 Å². The monoisotopic (exact) mass is 313 g/mol. The van der Waals surface area contributed by atoms with Gasteiger partial charge in [-0.3, -0.25) is 0 Å². The first-order valence-electron chi connectivity index (χ1n) is 5.41. The van der Waals surface area contributed by atoms with Gasteiger partial charge in [-0.2, -0.15) is 13.2 Å². The number of halogens is 3. The van der Waals surface area contributed by atoms with Crippen LogP contribution in [0.25, 0.3) is 0 Å². The number of alkyl halides is 3. The largest absolute Gasteiger partial charge is 0.411 e. The molecule has 6 nitrogen and oxygen atoms in total. The van der Waals surface area contributed by atoms with E-state index in [0.29, 0.717) is 0 Å². The molecule has 0 saturated carbocycles. The maximum Gasteiger partial charge on any atom is 0.411 e. The number of ether oxygens (including phenoxy) is 1. The van der Waals surface area contributed by atoms with Crippen molar-refractivity contribution in [2.75, 3.05) is 30.8 Å². The molecule has 10 heteroatoms. The van der Waals surface area contributed by atoms with Crippen molar-refractivity contribution in [3.8, 4) is 0 Å². The van der Waals surface area contributed by atoms with Gasteiger partial charge in [0, 0.05) is 6.54 Å². The molecule has 114 valence electrons. The lowest BCUT2D eigenvalue weighted by Gasteiger charge is -2.12. The number of hydrogen-bond acceptors (Lipinski definition) is 5. The predicted molar refractivity (Wildman–Crippen MR) is 67.6 cm³/mol. The van der Waals surface area contributed by atoms with Crippen LogP contribution in [0.3, 0.4) is 0 Å². The minimum Gasteiger partial charge on any atom is -0.396 e. The highest BCUT2D eigenvalue weighted by molar-refractivity contribution is 7.89. The molecule has 0 heterocycles. The van der Waals surface area contributed by atoms with Crippen molar-refractivity contribution >= 4 is 21.4 Å². The Morgan fingerprint density at radius 1 is 1.30 bits per heavy atom. The van der Waals surface area contributed by atoms with Crippen LogP contribution in [-0.2, 0) is 14.8 Å². The Balaban J connectivity index is 2.58. The van der Waals surface area contributed by atoms with Crippen molar-refractivity contribution in [1.82, 2.24) is 0 Å². The number of nitrogens with two attached hydrogens (primary N) is 2. The Bertz CT molecular complexity index is 561. The molecule has 0 aliphatic rings. The highest BCUT2D eigenvalue weighted by atomic mass is 32.2. The van der Waals surface area contributed by atoms with Crippen molar-refractivity contribution in [3.63, 3.8) is 0 Å². The van der Waals surface area contributed by atoms with Gasteiger partial charge in [-0.05, 0) is 12.1 Å². The second-order valence-electron chi connectivity index (χ2n) is 3.86. The minimum atomic E-state index is -4.38. The summed E-state index contributed by atoms with van der Waals surface area (Å²) in [6, 6.07) is 4.12. The van der Waals surface area contributed by atoms with E-state index in [1.807, 2.05) is 0 Å². The van der Waals surface area contributed by atoms with Crippen LogP contribution in [0.15, 0.2) is 23.1 Å². The zero-order valence-corrected chi connectivity index (χ0v) is 11.1. The summed E-state index contributed by atoms with van der Waals surface area (Å²) < 4.78 is 62.2. The number of nitrogens with one attached hydrogen (secondary N) is 1. The number of sulfonamides is 1. The van der Waals surface area contributed by atoms with Crippen molar-refractivity contribution in [2.24, 2.45) is 5.14 Å². The fraction of sp³-hybridized carbons (Fsp3) is 0.400. The van der Waals surface area contributed by atoms with Crippen molar-refractivity contribution in [2.45, 2.75) is 11.1 Å². The molecule has 1 rings (SSSR count).